The number of rotatable bonds is 7. The Hall–Kier alpha value is -3.87. The van der Waals surface area contributed by atoms with Crippen LogP contribution in [0.3, 0.4) is 0 Å². The van der Waals surface area contributed by atoms with E-state index in [0.29, 0.717) is 34.7 Å². The zero-order valence-electron chi connectivity index (χ0n) is 21.9. The number of ether oxygens (including phenoxy) is 3. The van der Waals surface area contributed by atoms with Crippen LogP contribution in [-0.4, -0.2) is 38.0 Å². The first kappa shape index (κ1) is 26.2. The summed E-state index contributed by atoms with van der Waals surface area (Å²) >= 11 is 0. The van der Waals surface area contributed by atoms with Crippen LogP contribution < -0.4 is 10.1 Å². The van der Waals surface area contributed by atoms with E-state index < -0.39 is 29.7 Å². The van der Waals surface area contributed by atoms with Gasteiger partial charge in [0, 0.05) is 28.8 Å². The van der Waals surface area contributed by atoms with Crippen molar-refractivity contribution in [3.63, 3.8) is 0 Å². The SMILES string of the molecule is CCOC(=O)C1=C(C)NC2=C(C(=O)[C@H](C(=O)OCC)[C@@H](c3ccc(OC)cc3)C2)[C@@H]1c1ccccc1C. The second kappa shape index (κ2) is 11.0. The molecule has 194 valence electrons. The van der Waals surface area contributed by atoms with Crippen LogP contribution in [0.2, 0.25) is 0 Å². The van der Waals surface area contributed by atoms with Gasteiger partial charge in [0.15, 0.2) is 5.78 Å². The molecule has 0 saturated carbocycles. The molecule has 0 aromatic heterocycles. The summed E-state index contributed by atoms with van der Waals surface area (Å²) in [5.74, 6) is -2.82. The number of hydrogen-bond donors (Lipinski definition) is 1. The lowest BCUT2D eigenvalue weighted by Gasteiger charge is -2.39. The van der Waals surface area contributed by atoms with Gasteiger partial charge in [-0.1, -0.05) is 36.4 Å². The molecule has 0 spiro atoms. The Bertz CT molecular complexity index is 1270. The highest BCUT2D eigenvalue weighted by Gasteiger charge is 2.49. The fourth-order valence-corrected chi connectivity index (χ4v) is 5.40. The molecular formula is C30H33NO6. The van der Waals surface area contributed by atoms with Gasteiger partial charge in [0.05, 0.1) is 25.9 Å². The van der Waals surface area contributed by atoms with Crippen molar-refractivity contribution < 1.29 is 28.6 Å². The monoisotopic (exact) mass is 503 g/mol. The summed E-state index contributed by atoms with van der Waals surface area (Å²) < 4.78 is 16.1. The van der Waals surface area contributed by atoms with Crippen LogP contribution in [0.5, 0.6) is 5.75 Å². The molecule has 0 unspecified atom stereocenters. The van der Waals surface area contributed by atoms with Crippen molar-refractivity contribution in [3.8, 4) is 5.75 Å². The molecule has 4 rings (SSSR count). The highest BCUT2D eigenvalue weighted by molar-refractivity contribution is 6.13. The molecule has 0 bridgehead atoms. The van der Waals surface area contributed by atoms with E-state index in [0.717, 1.165) is 16.7 Å². The average Bonchev–Trinajstić information content (AvgIpc) is 2.88. The maximum Gasteiger partial charge on any atom is 0.336 e. The van der Waals surface area contributed by atoms with E-state index in [1.165, 1.54) is 0 Å². The number of benzene rings is 2. The molecule has 0 amide bonds. The van der Waals surface area contributed by atoms with Crippen LogP contribution >= 0.6 is 0 Å². The molecule has 1 N–H and O–H groups in total. The van der Waals surface area contributed by atoms with Gasteiger partial charge in [0.2, 0.25) is 0 Å². The highest BCUT2D eigenvalue weighted by Crippen LogP contribution is 2.48. The van der Waals surface area contributed by atoms with E-state index in [4.69, 9.17) is 14.2 Å². The standard InChI is InChI=1S/C30H33NO6/c1-6-36-29(33)24-18(4)31-23-16-22(19-12-14-20(35-5)15-13-19)26(30(34)37-7-2)28(32)27(23)25(24)21-11-9-8-10-17(21)3/h8-15,22,25-26,31H,6-7,16H2,1-5H3/t22-,25-,26-/m1/s1. The van der Waals surface area contributed by atoms with Crippen LogP contribution in [0.1, 0.15) is 55.7 Å². The number of nitrogens with one attached hydrogen (secondary N) is 1. The largest absolute Gasteiger partial charge is 0.497 e. The summed E-state index contributed by atoms with van der Waals surface area (Å²) in [6.45, 7) is 7.62. The van der Waals surface area contributed by atoms with Gasteiger partial charge >= 0.3 is 11.9 Å². The molecule has 2 aliphatic rings. The lowest BCUT2D eigenvalue weighted by Crippen LogP contribution is -2.43. The second-order valence-electron chi connectivity index (χ2n) is 9.24. The molecule has 1 aliphatic carbocycles. The molecule has 1 heterocycles. The molecule has 0 radical (unpaired) electrons. The van der Waals surface area contributed by atoms with Gasteiger partial charge in [-0.3, -0.25) is 9.59 Å². The van der Waals surface area contributed by atoms with Crippen LogP contribution in [0.25, 0.3) is 0 Å². The van der Waals surface area contributed by atoms with E-state index in [2.05, 4.69) is 5.32 Å². The molecule has 3 atom stereocenters. The molecule has 2 aromatic carbocycles. The predicted octanol–water partition coefficient (Wildman–Crippen LogP) is 4.72. The summed E-state index contributed by atoms with van der Waals surface area (Å²) in [7, 11) is 1.59. The minimum Gasteiger partial charge on any atom is -0.497 e. The van der Waals surface area contributed by atoms with E-state index in [1.54, 1.807) is 21.0 Å². The number of hydrogen-bond acceptors (Lipinski definition) is 7. The first-order chi connectivity index (χ1) is 17.8. The first-order valence-electron chi connectivity index (χ1n) is 12.6. The fourth-order valence-electron chi connectivity index (χ4n) is 5.40. The third-order valence-corrected chi connectivity index (χ3v) is 7.10. The number of carbonyl (C=O) groups is 3. The van der Waals surface area contributed by atoms with Crippen LogP contribution in [0.4, 0.5) is 0 Å². The van der Waals surface area contributed by atoms with Gasteiger partial charge in [0.1, 0.15) is 11.7 Å². The van der Waals surface area contributed by atoms with Gasteiger partial charge in [0.25, 0.3) is 0 Å². The number of methoxy groups -OCH3 is 1. The van der Waals surface area contributed by atoms with Gasteiger partial charge in [-0.05, 0) is 62.9 Å². The Morgan fingerprint density at radius 2 is 1.65 bits per heavy atom. The second-order valence-corrected chi connectivity index (χ2v) is 9.24. The third kappa shape index (κ3) is 4.90. The summed E-state index contributed by atoms with van der Waals surface area (Å²) in [4.78, 5) is 40.8. The average molecular weight is 504 g/mol. The molecule has 1 aliphatic heterocycles. The number of Topliss-reactive ketones (excluding diaryl/α,β-unsaturated/α-hetero) is 1. The van der Waals surface area contributed by atoms with E-state index >= 15 is 0 Å². The third-order valence-electron chi connectivity index (χ3n) is 7.10. The Morgan fingerprint density at radius 3 is 2.27 bits per heavy atom. The minimum absolute atomic E-state index is 0.163. The molecule has 7 heteroatoms. The van der Waals surface area contributed by atoms with Crippen molar-refractivity contribution in [2.75, 3.05) is 20.3 Å². The van der Waals surface area contributed by atoms with Crippen LogP contribution in [0.15, 0.2) is 71.1 Å². The van der Waals surface area contributed by atoms with E-state index in [9.17, 15) is 14.4 Å². The summed E-state index contributed by atoms with van der Waals surface area (Å²) in [6, 6.07) is 15.1. The van der Waals surface area contributed by atoms with Crippen LogP contribution in [-0.2, 0) is 23.9 Å². The fraction of sp³-hybridized carbons (Fsp3) is 0.367. The summed E-state index contributed by atoms with van der Waals surface area (Å²) in [6.07, 6.45) is 0.409. The molecule has 0 fully saturated rings. The van der Waals surface area contributed by atoms with Gasteiger partial charge in [-0.25, -0.2) is 4.79 Å². The lowest BCUT2D eigenvalue weighted by atomic mass is 9.66. The number of aryl methyl sites for hydroxylation is 1. The zero-order chi connectivity index (χ0) is 26.7. The summed E-state index contributed by atoms with van der Waals surface area (Å²) in [5.41, 5.74) is 4.77. The van der Waals surface area contributed by atoms with E-state index in [-0.39, 0.29) is 19.0 Å². The van der Waals surface area contributed by atoms with E-state index in [1.807, 2.05) is 62.4 Å². The number of allylic oxidation sites excluding steroid dienone is 3. The van der Waals surface area contributed by atoms with Gasteiger partial charge < -0.3 is 19.5 Å². The maximum atomic E-state index is 14.3. The normalized spacial score (nSPS) is 21.2. The topological polar surface area (TPSA) is 90.9 Å². The highest BCUT2D eigenvalue weighted by atomic mass is 16.5. The summed E-state index contributed by atoms with van der Waals surface area (Å²) in [5, 5.41) is 3.33. The van der Waals surface area contributed by atoms with Gasteiger partial charge in [-0.2, -0.15) is 0 Å². The maximum absolute atomic E-state index is 14.3. The number of esters is 2. The van der Waals surface area contributed by atoms with Gasteiger partial charge in [-0.15, -0.1) is 0 Å². The quantitative estimate of drug-likeness (QED) is 0.432. The Kier molecular flexibility index (Phi) is 7.81. The number of ketones is 1. The smallest absolute Gasteiger partial charge is 0.336 e. The molecule has 2 aromatic rings. The zero-order valence-corrected chi connectivity index (χ0v) is 21.9. The van der Waals surface area contributed by atoms with Crippen molar-refractivity contribution >= 4 is 17.7 Å². The predicted molar refractivity (Wildman–Crippen MR) is 139 cm³/mol. The Labute approximate surface area is 217 Å². The first-order valence-corrected chi connectivity index (χ1v) is 12.6. The molecular weight excluding hydrogens is 470 g/mol. The molecule has 0 saturated heterocycles. The Balaban J connectivity index is 1.90. The van der Waals surface area contributed by atoms with Crippen LogP contribution in [0, 0.1) is 12.8 Å². The van der Waals surface area contributed by atoms with Crippen molar-refractivity contribution in [3.05, 3.63) is 87.8 Å². The van der Waals surface area contributed by atoms with Crippen molar-refractivity contribution in [1.82, 2.24) is 5.32 Å². The lowest BCUT2D eigenvalue weighted by molar-refractivity contribution is -0.152. The van der Waals surface area contributed by atoms with Crippen molar-refractivity contribution in [2.45, 2.75) is 46.0 Å². The number of dihydropyridines is 1. The minimum atomic E-state index is -1.04. The Morgan fingerprint density at radius 1 is 0.973 bits per heavy atom. The van der Waals surface area contributed by atoms with Crippen molar-refractivity contribution in [1.29, 1.82) is 0 Å². The molecule has 7 nitrogen and oxygen atoms in total. The number of carbonyl (C=O) groups excluding carboxylic acids is 3. The molecule has 37 heavy (non-hydrogen) atoms. The van der Waals surface area contributed by atoms with Crippen molar-refractivity contribution in [2.24, 2.45) is 5.92 Å².